The molecule has 2 heterocycles. The molecule has 1 fully saturated rings. The van der Waals surface area contributed by atoms with E-state index in [-0.39, 0.29) is 73.1 Å². The van der Waals surface area contributed by atoms with Crippen molar-refractivity contribution in [3.05, 3.63) is 48.0 Å². The first-order valence-electron chi connectivity index (χ1n) is 23.5. The van der Waals surface area contributed by atoms with Crippen LogP contribution in [0.4, 0.5) is 0 Å². The average Bonchev–Trinajstić information content (AvgIpc) is 3.89. The molecule has 7 amide bonds. The van der Waals surface area contributed by atoms with Gasteiger partial charge in [0.25, 0.3) is 11.8 Å². The summed E-state index contributed by atoms with van der Waals surface area (Å²) < 4.78 is 11.9. The fourth-order valence-corrected chi connectivity index (χ4v) is 9.26. The lowest BCUT2D eigenvalue weighted by Crippen LogP contribution is -2.60. The molecule has 1 unspecified atom stereocenters. The summed E-state index contributed by atoms with van der Waals surface area (Å²) in [4.78, 5) is 112. The Hall–Kier alpha value is -5.16. The van der Waals surface area contributed by atoms with E-state index in [4.69, 9.17) is 9.47 Å². The molecule has 3 N–H and O–H groups in total. The van der Waals surface area contributed by atoms with Gasteiger partial charge in [0.05, 0.1) is 36.6 Å². The van der Waals surface area contributed by atoms with Crippen LogP contribution in [0.1, 0.15) is 105 Å². The molecule has 17 heteroatoms. The Bertz CT molecular complexity index is 1840. The molecule has 1 saturated heterocycles. The Kier molecular flexibility index (Phi) is 21.9. The molecule has 3 rings (SSSR count). The number of carbonyl (C=O) groups excluding carboxylic acids is 7. The van der Waals surface area contributed by atoms with Crippen LogP contribution in [0.25, 0.3) is 0 Å². The minimum Gasteiger partial charge on any atom is -0.480 e. The molecule has 66 heavy (non-hydrogen) atoms. The Labute approximate surface area is 391 Å². The lowest BCUT2D eigenvalue weighted by atomic mass is 9.89. The number of imide groups is 1. The van der Waals surface area contributed by atoms with Crippen LogP contribution in [0.5, 0.6) is 0 Å². The molecule has 0 aromatic heterocycles. The van der Waals surface area contributed by atoms with Crippen molar-refractivity contribution >= 4 is 47.3 Å². The van der Waals surface area contributed by atoms with Gasteiger partial charge in [0.1, 0.15) is 18.1 Å². The van der Waals surface area contributed by atoms with Gasteiger partial charge in [0.2, 0.25) is 29.5 Å². The highest BCUT2D eigenvalue weighted by molar-refractivity contribution is 6.12. The van der Waals surface area contributed by atoms with Crippen LogP contribution in [-0.4, -0.2) is 156 Å². The third kappa shape index (κ3) is 14.7. The number of nitrogens with zero attached hydrogens (tertiary/aromatic N) is 4. The topological polar surface area (TPSA) is 212 Å². The number of carboxylic acid groups (broad SMARTS) is 1. The molecule has 0 aliphatic carbocycles. The van der Waals surface area contributed by atoms with Crippen molar-refractivity contribution < 1.29 is 52.9 Å². The molecule has 0 bridgehead atoms. The number of likely N-dealkylation sites (tertiary alicyclic amines) is 1. The number of benzene rings is 1. The number of hydrogen-bond donors (Lipinski definition) is 3. The smallest absolute Gasteiger partial charge is 0.326 e. The van der Waals surface area contributed by atoms with E-state index < -0.39 is 66.1 Å². The van der Waals surface area contributed by atoms with E-state index in [9.17, 15) is 43.5 Å². The predicted molar refractivity (Wildman–Crippen MR) is 248 cm³/mol. The van der Waals surface area contributed by atoms with Gasteiger partial charge in [-0.1, -0.05) is 91.6 Å². The van der Waals surface area contributed by atoms with E-state index in [1.807, 2.05) is 47.6 Å². The number of amides is 7. The van der Waals surface area contributed by atoms with Gasteiger partial charge >= 0.3 is 5.97 Å². The predicted octanol–water partition coefficient (Wildman–Crippen LogP) is 3.83. The van der Waals surface area contributed by atoms with Gasteiger partial charge in [-0.2, -0.15) is 0 Å². The van der Waals surface area contributed by atoms with Gasteiger partial charge in [-0.05, 0) is 49.0 Å². The van der Waals surface area contributed by atoms with Gasteiger partial charge in [-0.15, -0.1) is 0 Å². The van der Waals surface area contributed by atoms with Gasteiger partial charge in [-0.3, -0.25) is 38.5 Å². The lowest BCUT2D eigenvalue weighted by molar-refractivity contribution is -0.149. The molecular weight excluding hydrogens is 849 g/mol. The van der Waals surface area contributed by atoms with Crippen molar-refractivity contribution in [3.8, 4) is 0 Å². The van der Waals surface area contributed by atoms with Crippen molar-refractivity contribution in [1.82, 2.24) is 30.2 Å². The number of methoxy groups -OCH3 is 2. The highest BCUT2D eigenvalue weighted by atomic mass is 16.5. The summed E-state index contributed by atoms with van der Waals surface area (Å²) in [6.45, 7) is 13.6. The first-order chi connectivity index (χ1) is 31.2. The van der Waals surface area contributed by atoms with Crippen LogP contribution in [0.3, 0.4) is 0 Å². The molecule has 1 aromatic rings. The number of unbranched alkanes of at least 4 members (excludes halogenated alkanes) is 2. The number of hydrogen-bond acceptors (Lipinski definition) is 10. The maximum absolute atomic E-state index is 14.6. The van der Waals surface area contributed by atoms with E-state index in [1.165, 1.54) is 36.2 Å². The monoisotopic (exact) mass is 925 g/mol. The molecule has 0 saturated carbocycles. The fraction of sp³-hybridized carbons (Fsp3) is 0.673. The third-order valence-electron chi connectivity index (χ3n) is 13.3. The molecular formula is C49H76N6O11. The number of carboxylic acids is 1. The largest absolute Gasteiger partial charge is 0.480 e. The summed E-state index contributed by atoms with van der Waals surface area (Å²) in [6, 6.07) is 4.97. The number of rotatable bonds is 27. The Balaban J connectivity index is 1.71. The molecule has 0 radical (unpaired) electrons. The van der Waals surface area contributed by atoms with Crippen LogP contribution < -0.4 is 10.6 Å². The van der Waals surface area contributed by atoms with E-state index in [1.54, 1.807) is 55.1 Å². The maximum Gasteiger partial charge on any atom is 0.326 e. The van der Waals surface area contributed by atoms with Crippen molar-refractivity contribution in [2.45, 2.75) is 149 Å². The molecule has 0 spiro atoms. The van der Waals surface area contributed by atoms with Gasteiger partial charge in [0.15, 0.2) is 0 Å². The van der Waals surface area contributed by atoms with Crippen LogP contribution in [0.2, 0.25) is 0 Å². The molecule has 9 atom stereocenters. The fourth-order valence-electron chi connectivity index (χ4n) is 9.26. The summed E-state index contributed by atoms with van der Waals surface area (Å²) in [7, 11) is 6.21. The second-order valence-electron chi connectivity index (χ2n) is 18.6. The van der Waals surface area contributed by atoms with Gasteiger partial charge in [-0.25, -0.2) is 4.79 Å². The average molecular weight is 925 g/mol. The zero-order valence-electron chi connectivity index (χ0n) is 41.0. The van der Waals surface area contributed by atoms with Crippen molar-refractivity contribution in [3.63, 3.8) is 0 Å². The highest BCUT2D eigenvalue weighted by Gasteiger charge is 2.44. The van der Waals surface area contributed by atoms with E-state index in [0.29, 0.717) is 45.1 Å². The molecule has 1 aromatic carbocycles. The second kappa shape index (κ2) is 26.2. The minimum atomic E-state index is -1.16. The van der Waals surface area contributed by atoms with Crippen LogP contribution in [-0.2, 0) is 54.3 Å². The number of ether oxygens (including phenoxy) is 2. The summed E-state index contributed by atoms with van der Waals surface area (Å²) >= 11 is 0. The molecule has 2 aliphatic rings. The first kappa shape index (κ1) is 55.2. The highest BCUT2D eigenvalue weighted by Crippen LogP contribution is 2.30. The van der Waals surface area contributed by atoms with E-state index in [2.05, 4.69) is 10.6 Å². The zero-order valence-corrected chi connectivity index (χ0v) is 41.0. The molecule has 368 valence electrons. The van der Waals surface area contributed by atoms with Crippen molar-refractivity contribution in [2.24, 2.45) is 23.7 Å². The third-order valence-corrected chi connectivity index (χ3v) is 13.3. The Morgan fingerprint density at radius 1 is 0.833 bits per heavy atom. The zero-order chi connectivity index (χ0) is 49.4. The number of likely N-dealkylation sites (N-methyl/N-ethyl adjacent to an activating group) is 2. The lowest BCUT2D eigenvalue weighted by Gasteiger charge is -2.41. The van der Waals surface area contributed by atoms with Crippen LogP contribution in [0, 0.1) is 23.7 Å². The Morgan fingerprint density at radius 3 is 2.02 bits per heavy atom. The van der Waals surface area contributed by atoms with Crippen molar-refractivity contribution in [1.29, 1.82) is 0 Å². The van der Waals surface area contributed by atoms with Crippen molar-refractivity contribution in [2.75, 3.05) is 41.4 Å². The number of carbonyl (C=O) groups is 8. The Morgan fingerprint density at radius 2 is 1.47 bits per heavy atom. The molecule has 17 nitrogen and oxygen atoms in total. The SMILES string of the molecule is CC[C@H](C)[C@@H]([C@@H](CC(=O)N1CCCC1[C@H](OC)[C@@H](C)C(=O)N[C@@H](Cc1ccccc1)C(=O)O)OC)N(C)C(=O)[C@@H](NC(=O)[C@H](C(C)C)N(C)C(=O)CCCCCN1C(=O)C=CC1=O)C(C)C. The van der Waals surface area contributed by atoms with Gasteiger partial charge < -0.3 is 39.9 Å². The summed E-state index contributed by atoms with van der Waals surface area (Å²) in [5.41, 5.74) is 0.762. The maximum atomic E-state index is 14.6. The summed E-state index contributed by atoms with van der Waals surface area (Å²) in [5.74, 6) is -5.24. The summed E-state index contributed by atoms with van der Waals surface area (Å²) in [6.07, 6.45) is 4.72. The standard InChI is InChI=1S/C49H76N6O11/c1-12-32(6)44(37(65-10)29-41(59)54-27-19-22-36(54)45(66-11)33(7)46(60)50-35(49(63)64)28-34-20-15-13-16-21-34)53(9)48(62)42(30(2)3)51-47(61)43(31(4)5)52(8)38(56)23-17-14-18-26-55-39(57)24-25-40(55)58/h13,15-16,20-21,24-25,30-33,35-37,42-45H,12,14,17-19,22-23,26-29H2,1-11H3,(H,50,60)(H,51,61)(H,63,64)/t32-,33+,35-,36?,37+,42-,43-,44-,45+/m0/s1. The number of aliphatic carboxylic acids is 1. The van der Waals surface area contributed by atoms with Crippen LogP contribution in [0.15, 0.2) is 42.5 Å². The van der Waals surface area contributed by atoms with E-state index >= 15 is 0 Å². The summed E-state index contributed by atoms with van der Waals surface area (Å²) in [5, 5.41) is 15.6. The number of nitrogens with one attached hydrogen (secondary N) is 2. The normalized spacial score (nSPS) is 18.7. The molecule has 2 aliphatic heterocycles. The second-order valence-corrected chi connectivity index (χ2v) is 18.6. The first-order valence-corrected chi connectivity index (χ1v) is 23.5. The van der Waals surface area contributed by atoms with Gasteiger partial charge in [0, 0.05) is 66.4 Å². The van der Waals surface area contributed by atoms with E-state index in [0.717, 1.165) is 5.56 Å². The van der Waals surface area contributed by atoms with Crippen LogP contribution >= 0.6 is 0 Å². The quantitative estimate of drug-likeness (QED) is 0.0853. The minimum absolute atomic E-state index is 0.0818.